The Morgan fingerprint density at radius 3 is 2.62 bits per heavy atom. The molecule has 29 heavy (non-hydrogen) atoms. The van der Waals surface area contributed by atoms with E-state index in [1.807, 2.05) is 6.07 Å². The minimum Gasteiger partial charge on any atom is -0.449 e. The molecule has 1 atom stereocenters. The third kappa shape index (κ3) is 4.87. The van der Waals surface area contributed by atoms with E-state index in [0.717, 1.165) is 18.9 Å². The molecule has 0 saturated heterocycles. The molecule has 0 heterocycles. The summed E-state index contributed by atoms with van der Waals surface area (Å²) in [7, 11) is 0. The van der Waals surface area contributed by atoms with Crippen LogP contribution in [0.25, 0.3) is 0 Å². The normalized spacial score (nSPS) is 13.7. The number of ether oxygens (including phenoxy) is 1. The van der Waals surface area contributed by atoms with E-state index in [-0.39, 0.29) is 22.9 Å². The van der Waals surface area contributed by atoms with E-state index in [9.17, 15) is 19.7 Å². The van der Waals surface area contributed by atoms with Crippen molar-refractivity contribution in [1.82, 2.24) is 0 Å². The summed E-state index contributed by atoms with van der Waals surface area (Å²) in [5.74, 6) is -1.48. The lowest BCUT2D eigenvalue weighted by atomic mass is 10.1. The van der Waals surface area contributed by atoms with Crippen LogP contribution in [0.1, 0.15) is 35.7 Å². The Balaban J connectivity index is 1.68. The Hall–Kier alpha value is -3.93. The van der Waals surface area contributed by atoms with Crippen LogP contribution in [0.2, 0.25) is 0 Å². The molecule has 0 bridgehead atoms. The van der Waals surface area contributed by atoms with Crippen LogP contribution in [0.5, 0.6) is 0 Å². The first-order valence-corrected chi connectivity index (χ1v) is 8.95. The molecule has 2 N–H and O–H groups in total. The molecule has 0 radical (unpaired) electrons. The number of nitrogens with zero attached hydrogens (tertiary/aromatic N) is 2. The van der Waals surface area contributed by atoms with Crippen LogP contribution in [-0.4, -0.2) is 28.9 Å². The molecular weight excluding hydrogens is 376 g/mol. The fourth-order valence-corrected chi connectivity index (χ4v) is 2.59. The second-order valence-electron chi connectivity index (χ2n) is 6.60. The average molecular weight is 394 g/mol. The third-order valence-electron chi connectivity index (χ3n) is 4.33. The molecule has 1 amide bonds. The molecule has 1 fully saturated rings. The number of nitro benzene ring substituents is 1. The standard InChI is InChI=1S/C20H18N4O5/c1-12(19(25)23-16-5-3-2-4-14(16)11-21)29-20(26)13-6-9-17(22-15-7-8-15)18(10-13)24(27)28/h2-6,9-10,12,15,22H,7-8H2,1H3,(H,23,25)/t12-/m1/s1. The zero-order chi connectivity index (χ0) is 21.0. The molecule has 3 rings (SSSR count). The monoisotopic (exact) mass is 394 g/mol. The number of benzene rings is 2. The van der Waals surface area contributed by atoms with Gasteiger partial charge >= 0.3 is 5.97 Å². The van der Waals surface area contributed by atoms with E-state index >= 15 is 0 Å². The Morgan fingerprint density at radius 1 is 1.24 bits per heavy atom. The number of amides is 1. The van der Waals surface area contributed by atoms with Crippen LogP contribution in [0.15, 0.2) is 42.5 Å². The lowest BCUT2D eigenvalue weighted by molar-refractivity contribution is -0.384. The van der Waals surface area contributed by atoms with Gasteiger partial charge < -0.3 is 15.4 Å². The van der Waals surface area contributed by atoms with Gasteiger partial charge in [0, 0.05) is 12.1 Å². The summed E-state index contributed by atoms with van der Waals surface area (Å²) in [6.45, 7) is 1.37. The Bertz CT molecular complexity index is 1010. The molecule has 0 aromatic heterocycles. The van der Waals surface area contributed by atoms with Crippen LogP contribution in [0.3, 0.4) is 0 Å². The maximum atomic E-state index is 12.4. The highest BCUT2D eigenvalue weighted by Crippen LogP contribution is 2.31. The first kappa shape index (κ1) is 19.8. The van der Waals surface area contributed by atoms with Crippen molar-refractivity contribution in [1.29, 1.82) is 5.26 Å². The molecule has 0 spiro atoms. The highest BCUT2D eigenvalue weighted by molar-refractivity contribution is 5.98. The Labute approximate surface area is 166 Å². The lowest BCUT2D eigenvalue weighted by Gasteiger charge is -2.14. The lowest BCUT2D eigenvalue weighted by Crippen LogP contribution is -2.30. The number of anilines is 2. The fraction of sp³-hybridized carbons (Fsp3) is 0.250. The van der Waals surface area contributed by atoms with Gasteiger partial charge in [0.1, 0.15) is 11.8 Å². The summed E-state index contributed by atoms with van der Waals surface area (Å²) in [4.78, 5) is 35.4. The summed E-state index contributed by atoms with van der Waals surface area (Å²) < 4.78 is 5.14. The quantitative estimate of drug-likeness (QED) is 0.418. The van der Waals surface area contributed by atoms with Crippen molar-refractivity contribution in [3.8, 4) is 6.07 Å². The third-order valence-corrected chi connectivity index (χ3v) is 4.33. The summed E-state index contributed by atoms with van der Waals surface area (Å²) >= 11 is 0. The van der Waals surface area contributed by atoms with E-state index in [0.29, 0.717) is 11.4 Å². The van der Waals surface area contributed by atoms with Crippen LogP contribution in [-0.2, 0) is 9.53 Å². The van der Waals surface area contributed by atoms with E-state index in [1.165, 1.54) is 19.1 Å². The number of para-hydroxylation sites is 1. The van der Waals surface area contributed by atoms with E-state index in [2.05, 4.69) is 10.6 Å². The van der Waals surface area contributed by atoms with Gasteiger partial charge in [-0.25, -0.2) is 4.79 Å². The smallest absolute Gasteiger partial charge is 0.339 e. The van der Waals surface area contributed by atoms with Gasteiger partial charge in [0.25, 0.3) is 11.6 Å². The Morgan fingerprint density at radius 2 is 1.97 bits per heavy atom. The van der Waals surface area contributed by atoms with Crippen molar-refractivity contribution in [2.75, 3.05) is 10.6 Å². The number of hydrogen-bond donors (Lipinski definition) is 2. The number of carbonyl (C=O) groups is 2. The molecule has 9 heteroatoms. The minimum absolute atomic E-state index is 0.0323. The van der Waals surface area contributed by atoms with Crippen molar-refractivity contribution < 1.29 is 19.2 Å². The van der Waals surface area contributed by atoms with Crippen LogP contribution < -0.4 is 10.6 Å². The molecule has 2 aromatic rings. The molecule has 1 aliphatic rings. The molecule has 148 valence electrons. The number of esters is 1. The van der Waals surface area contributed by atoms with Crippen molar-refractivity contribution in [3.63, 3.8) is 0 Å². The molecule has 0 unspecified atom stereocenters. The molecule has 1 aliphatic carbocycles. The van der Waals surface area contributed by atoms with E-state index in [1.54, 1.807) is 24.3 Å². The average Bonchev–Trinajstić information content (AvgIpc) is 3.52. The second kappa shape index (κ2) is 8.39. The SMILES string of the molecule is C[C@@H](OC(=O)c1ccc(NC2CC2)c([N+](=O)[O-])c1)C(=O)Nc1ccccc1C#N. The largest absolute Gasteiger partial charge is 0.449 e. The van der Waals surface area contributed by atoms with Gasteiger partial charge in [0.05, 0.1) is 21.7 Å². The van der Waals surface area contributed by atoms with Gasteiger partial charge in [-0.2, -0.15) is 5.26 Å². The number of rotatable bonds is 7. The highest BCUT2D eigenvalue weighted by atomic mass is 16.6. The van der Waals surface area contributed by atoms with Crippen molar-refractivity contribution in [3.05, 3.63) is 63.7 Å². The summed E-state index contributed by atoms with van der Waals surface area (Å²) in [6, 6.07) is 12.6. The maximum Gasteiger partial charge on any atom is 0.339 e. The van der Waals surface area contributed by atoms with Gasteiger partial charge in [0.15, 0.2) is 6.10 Å². The van der Waals surface area contributed by atoms with Gasteiger partial charge in [-0.05, 0) is 44.0 Å². The summed E-state index contributed by atoms with van der Waals surface area (Å²) in [6.07, 6.45) is 0.725. The fourth-order valence-electron chi connectivity index (χ4n) is 2.59. The van der Waals surface area contributed by atoms with Gasteiger partial charge in [-0.1, -0.05) is 12.1 Å². The van der Waals surface area contributed by atoms with Crippen molar-refractivity contribution in [2.24, 2.45) is 0 Å². The van der Waals surface area contributed by atoms with Gasteiger partial charge in [-0.15, -0.1) is 0 Å². The predicted octanol–water partition coefficient (Wildman–Crippen LogP) is 3.22. The van der Waals surface area contributed by atoms with Crippen molar-refractivity contribution >= 4 is 28.9 Å². The Kier molecular flexibility index (Phi) is 5.74. The van der Waals surface area contributed by atoms with E-state index in [4.69, 9.17) is 10.00 Å². The molecular formula is C20H18N4O5. The molecule has 0 aliphatic heterocycles. The molecule has 2 aromatic carbocycles. The topological polar surface area (TPSA) is 134 Å². The van der Waals surface area contributed by atoms with Crippen LogP contribution in [0.4, 0.5) is 17.1 Å². The number of nitrogens with one attached hydrogen (secondary N) is 2. The van der Waals surface area contributed by atoms with Gasteiger partial charge in [-0.3, -0.25) is 14.9 Å². The van der Waals surface area contributed by atoms with Crippen molar-refractivity contribution in [2.45, 2.75) is 31.9 Å². The molecule has 9 nitrogen and oxygen atoms in total. The minimum atomic E-state index is -1.17. The predicted molar refractivity (Wildman–Crippen MR) is 104 cm³/mol. The summed E-state index contributed by atoms with van der Waals surface area (Å²) in [5.41, 5.74) is 0.650. The molecule has 1 saturated carbocycles. The summed E-state index contributed by atoms with van der Waals surface area (Å²) in [5, 5.41) is 26.0. The number of nitro groups is 1. The van der Waals surface area contributed by atoms with E-state index < -0.39 is 22.9 Å². The number of hydrogen-bond acceptors (Lipinski definition) is 7. The number of nitriles is 1. The highest BCUT2D eigenvalue weighted by Gasteiger charge is 2.27. The zero-order valence-corrected chi connectivity index (χ0v) is 15.5. The van der Waals surface area contributed by atoms with Crippen LogP contribution in [0, 0.1) is 21.4 Å². The van der Waals surface area contributed by atoms with Gasteiger partial charge in [0.2, 0.25) is 0 Å². The van der Waals surface area contributed by atoms with Crippen LogP contribution >= 0.6 is 0 Å². The number of carbonyl (C=O) groups excluding carboxylic acids is 2. The first-order chi connectivity index (χ1) is 13.9. The first-order valence-electron chi connectivity index (χ1n) is 8.95. The zero-order valence-electron chi connectivity index (χ0n) is 15.5. The maximum absolute atomic E-state index is 12.4. The second-order valence-corrected chi connectivity index (χ2v) is 6.60.